The van der Waals surface area contributed by atoms with E-state index in [9.17, 15) is 4.79 Å². The fourth-order valence-corrected chi connectivity index (χ4v) is 2.43. The lowest BCUT2D eigenvalue weighted by Gasteiger charge is -2.21. The highest BCUT2D eigenvalue weighted by molar-refractivity contribution is 5.68. The highest BCUT2D eigenvalue weighted by Gasteiger charge is 2.27. The number of carbonyl (C=O) groups is 1. The first-order valence-corrected chi connectivity index (χ1v) is 7.11. The Morgan fingerprint density at radius 2 is 2.06 bits per heavy atom. The van der Waals surface area contributed by atoms with Gasteiger partial charge in [0.2, 0.25) is 0 Å². The van der Waals surface area contributed by atoms with E-state index in [0.717, 1.165) is 31.8 Å². The van der Waals surface area contributed by atoms with Crippen molar-refractivity contribution in [1.29, 1.82) is 0 Å². The number of alkyl carbamates (subject to hydrolysis) is 1. The van der Waals surface area contributed by atoms with E-state index in [-0.39, 0.29) is 6.09 Å². The van der Waals surface area contributed by atoms with E-state index in [1.54, 1.807) is 0 Å². The molecule has 2 unspecified atom stereocenters. The smallest absolute Gasteiger partial charge is 0.407 e. The maximum absolute atomic E-state index is 11.6. The van der Waals surface area contributed by atoms with E-state index in [4.69, 9.17) is 4.74 Å². The fraction of sp³-hybridized carbons (Fsp3) is 0.929. The van der Waals surface area contributed by atoms with Gasteiger partial charge in [0.05, 0.1) is 0 Å². The number of hydrogen-bond donors (Lipinski definition) is 2. The molecule has 1 aliphatic rings. The van der Waals surface area contributed by atoms with Crippen molar-refractivity contribution in [2.75, 3.05) is 13.1 Å². The molecule has 0 bridgehead atoms. The van der Waals surface area contributed by atoms with Crippen LogP contribution in [0.3, 0.4) is 0 Å². The summed E-state index contributed by atoms with van der Waals surface area (Å²) in [6, 6.07) is 0.298. The molecule has 1 saturated carbocycles. The molecule has 1 amide bonds. The largest absolute Gasteiger partial charge is 0.444 e. The van der Waals surface area contributed by atoms with Gasteiger partial charge in [0.1, 0.15) is 5.60 Å². The van der Waals surface area contributed by atoms with Crippen LogP contribution in [0.1, 0.15) is 53.4 Å². The minimum atomic E-state index is -0.410. The molecule has 18 heavy (non-hydrogen) atoms. The van der Waals surface area contributed by atoms with Crippen LogP contribution in [0.4, 0.5) is 4.79 Å². The molecule has 0 aromatic rings. The lowest BCUT2D eigenvalue weighted by atomic mass is 10.0. The van der Waals surface area contributed by atoms with Crippen LogP contribution in [0.25, 0.3) is 0 Å². The van der Waals surface area contributed by atoms with Crippen molar-refractivity contribution < 1.29 is 9.53 Å². The number of hydrogen-bond acceptors (Lipinski definition) is 3. The van der Waals surface area contributed by atoms with Gasteiger partial charge >= 0.3 is 6.09 Å². The fourth-order valence-electron chi connectivity index (χ4n) is 2.43. The predicted molar refractivity (Wildman–Crippen MR) is 73.7 cm³/mol. The molecule has 0 spiro atoms. The van der Waals surface area contributed by atoms with Gasteiger partial charge in [0.25, 0.3) is 0 Å². The monoisotopic (exact) mass is 256 g/mol. The molecule has 4 heteroatoms. The summed E-state index contributed by atoms with van der Waals surface area (Å²) in [7, 11) is 0. The van der Waals surface area contributed by atoms with Crippen LogP contribution >= 0.6 is 0 Å². The Morgan fingerprint density at radius 3 is 2.67 bits per heavy atom. The molecule has 2 N–H and O–H groups in total. The molecule has 0 saturated heterocycles. The van der Waals surface area contributed by atoms with Crippen LogP contribution in [0.5, 0.6) is 0 Å². The van der Waals surface area contributed by atoms with E-state index in [1.807, 2.05) is 20.8 Å². The quantitative estimate of drug-likeness (QED) is 0.744. The van der Waals surface area contributed by atoms with Gasteiger partial charge in [0.15, 0.2) is 0 Å². The van der Waals surface area contributed by atoms with Crippen LogP contribution in [-0.2, 0) is 4.74 Å². The molecule has 1 aliphatic carbocycles. The number of ether oxygens (including phenoxy) is 1. The molecular formula is C14H28N2O2. The Hall–Kier alpha value is -0.770. The first kappa shape index (κ1) is 15.3. The lowest BCUT2D eigenvalue weighted by Crippen LogP contribution is -2.38. The van der Waals surface area contributed by atoms with Crippen molar-refractivity contribution in [2.45, 2.75) is 65.0 Å². The molecule has 0 heterocycles. The second-order valence-corrected chi connectivity index (χ2v) is 6.16. The lowest BCUT2D eigenvalue weighted by molar-refractivity contribution is 0.0504. The molecule has 0 aromatic heterocycles. The van der Waals surface area contributed by atoms with E-state index < -0.39 is 5.60 Å². The highest BCUT2D eigenvalue weighted by atomic mass is 16.6. The maximum atomic E-state index is 11.6. The minimum absolute atomic E-state index is 0.278. The van der Waals surface area contributed by atoms with Crippen LogP contribution in [0, 0.1) is 5.92 Å². The molecular weight excluding hydrogens is 228 g/mol. The summed E-state index contributed by atoms with van der Waals surface area (Å²) in [4.78, 5) is 11.6. The average molecular weight is 256 g/mol. The van der Waals surface area contributed by atoms with Crippen molar-refractivity contribution in [2.24, 2.45) is 5.92 Å². The Bertz CT molecular complexity index is 261. The maximum Gasteiger partial charge on any atom is 0.407 e. The Morgan fingerprint density at radius 1 is 1.33 bits per heavy atom. The third-order valence-electron chi connectivity index (χ3n) is 3.24. The zero-order valence-corrected chi connectivity index (χ0v) is 12.2. The summed E-state index contributed by atoms with van der Waals surface area (Å²) in [6.45, 7) is 9.91. The zero-order valence-electron chi connectivity index (χ0n) is 12.2. The van der Waals surface area contributed by atoms with Crippen molar-refractivity contribution in [3.63, 3.8) is 0 Å². The van der Waals surface area contributed by atoms with Gasteiger partial charge in [-0.25, -0.2) is 4.79 Å². The molecule has 0 aliphatic heterocycles. The van der Waals surface area contributed by atoms with Crippen LogP contribution in [0.2, 0.25) is 0 Å². The summed E-state index contributed by atoms with van der Waals surface area (Å²) in [5, 5.41) is 6.32. The normalized spacial score (nSPS) is 24.0. The standard InChI is InChI=1S/C14H28N2O2/c1-5-15-9-8-11-6-7-12(10-11)16-13(17)18-14(2,3)4/h11-12,15H,5-10H2,1-4H3,(H,16,17). The molecule has 0 aromatic carbocycles. The molecule has 2 atom stereocenters. The highest BCUT2D eigenvalue weighted by Crippen LogP contribution is 2.28. The SMILES string of the molecule is CCNCCC1CCC(NC(=O)OC(C)(C)C)C1. The average Bonchev–Trinajstić information content (AvgIpc) is 2.63. The summed E-state index contributed by atoms with van der Waals surface area (Å²) >= 11 is 0. The second kappa shape index (κ2) is 6.98. The number of carbonyl (C=O) groups excluding carboxylic acids is 1. The van der Waals surface area contributed by atoms with Crippen LogP contribution in [-0.4, -0.2) is 30.8 Å². The van der Waals surface area contributed by atoms with E-state index >= 15 is 0 Å². The third-order valence-corrected chi connectivity index (χ3v) is 3.24. The van der Waals surface area contributed by atoms with E-state index in [1.165, 1.54) is 12.8 Å². The summed E-state index contributed by atoms with van der Waals surface area (Å²) < 4.78 is 5.27. The first-order chi connectivity index (χ1) is 8.40. The van der Waals surface area contributed by atoms with Gasteiger partial charge in [-0.3, -0.25) is 0 Å². The zero-order chi connectivity index (χ0) is 13.6. The van der Waals surface area contributed by atoms with E-state index in [0.29, 0.717) is 6.04 Å². The topological polar surface area (TPSA) is 50.4 Å². The molecule has 1 rings (SSSR count). The van der Waals surface area contributed by atoms with Gasteiger partial charge in [-0.1, -0.05) is 6.92 Å². The van der Waals surface area contributed by atoms with Gasteiger partial charge in [-0.2, -0.15) is 0 Å². The van der Waals surface area contributed by atoms with Crippen molar-refractivity contribution in [3.8, 4) is 0 Å². The predicted octanol–water partition coefficient (Wildman–Crippen LogP) is 2.68. The Kier molecular flexibility index (Phi) is 5.93. The van der Waals surface area contributed by atoms with Gasteiger partial charge < -0.3 is 15.4 Å². The summed E-state index contributed by atoms with van der Waals surface area (Å²) in [6.07, 6.45) is 4.31. The number of nitrogens with one attached hydrogen (secondary N) is 2. The van der Waals surface area contributed by atoms with Crippen LogP contribution < -0.4 is 10.6 Å². The molecule has 0 radical (unpaired) electrons. The Labute approximate surface area is 111 Å². The molecule has 106 valence electrons. The number of amides is 1. The third kappa shape index (κ3) is 6.24. The van der Waals surface area contributed by atoms with E-state index in [2.05, 4.69) is 17.6 Å². The van der Waals surface area contributed by atoms with Crippen molar-refractivity contribution in [1.82, 2.24) is 10.6 Å². The van der Waals surface area contributed by atoms with Crippen LogP contribution in [0.15, 0.2) is 0 Å². The number of rotatable bonds is 5. The minimum Gasteiger partial charge on any atom is -0.444 e. The molecule has 1 fully saturated rings. The summed E-state index contributed by atoms with van der Waals surface area (Å²) in [5.41, 5.74) is -0.410. The Balaban J connectivity index is 2.19. The van der Waals surface area contributed by atoms with Crippen molar-refractivity contribution in [3.05, 3.63) is 0 Å². The van der Waals surface area contributed by atoms with Crippen molar-refractivity contribution >= 4 is 6.09 Å². The molecule has 4 nitrogen and oxygen atoms in total. The second-order valence-electron chi connectivity index (χ2n) is 6.16. The van der Waals surface area contributed by atoms with Gasteiger partial charge in [-0.05, 0) is 65.5 Å². The first-order valence-electron chi connectivity index (χ1n) is 7.11. The summed E-state index contributed by atoms with van der Waals surface area (Å²) in [5.74, 6) is 0.740. The van der Waals surface area contributed by atoms with Gasteiger partial charge in [0, 0.05) is 6.04 Å². The van der Waals surface area contributed by atoms with Gasteiger partial charge in [-0.15, -0.1) is 0 Å².